The number of hydrogen-bond donors (Lipinski definition) is 2. The number of carbonyl (C=O) groups excluding carboxylic acids is 2. The maximum absolute atomic E-state index is 12.2. The third-order valence-corrected chi connectivity index (χ3v) is 3.62. The summed E-state index contributed by atoms with van der Waals surface area (Å²) in [6.45, 7) is 0.173. The van der Waals surface area contributed by atoms with Crippen LogP contribution in [0.5, 0.6) is 11.6 Å². The number of carbonyl (C=O) groups is 2. The van der Waals surface area contributed by atoms with Crippen molar-refractivity contribution in [1.29, 1.82) is 0 Å². The van der Waals surface area contributed by atoms with E-state index in [0.29, 0.717) is 12.2 Å². The summed E-state index contributed by atoms with van der Waals surface area (Å²) in [4.78, 5) is 29.3. The van der Waals surface area contributed by atoms with Crippen LogP contribution in [-0.4, -0.2) is 35.7 Å². The summed E-state index contributed by atoms with van der Waals surface area (Å²) in [5.74, 6) is 0.0167. The predicted molar refractivity (Wildman–Crippen MR) is 83.2 cm³/mol. The molecule has 0 spiro atoms. The lowest BCUT2D eigenvalue weighted by atomic mass is 10.1. The monoisotopic (exact) mass is 329 g/mol. The summed E-state index contributed by atoms with van der Waals surface area (Å²) in [6, 6.07) is 8.75. The van der Waals surface area contributed by atoms with Crippen molar-refractivity contribution in [2.24, 2.45) is 0 Å². The number of methoxy groups -OCH3 is 1. The van der Waals surface area contributed by atoms with E-state index in [0.717, 1.165) is 11.3 Å². The van der Waals surface area contributed by atoms with E-state index in [9.17, 15) is 9.59 Å². The van der Waals surface area contributed by atoms with Crippen LogP contribution >= 0.6 is 0 Å². The molecule has 1 aromatic heterocycles. The smallest absolute Gasteiger partial charge is 0.276 e. The molecule has 2 aromatic rings. The molecule has 1 aliphatic rings. The van der Waals surface area contributed by atoms with Crippen LogP contribution in [0.25, 0.3) is 0 Å². The number of hydroxylamine groups is 1. The van der Waals surface area contributed by atoms with Crippen molar-refractivity contribution in [3.8, 4) is 11.6 Å². The molecule has 0 aliphatic carbocycles. The Bertz CT molecular complexity index is 776. The molecule has 0 unspecified atom stereocenters. The number of benzene rings is 1. The summed E-state index contributed by atoms with van der Waals surface area (Å²) in [5.41, 5.74) is 2.92. The molecule has 0 radical (unpaired) electrons. The lowest BCUT2D eigenvalue weighted by Gasteiger charge is -2.28. The van der Waals surface area contributed by atoms with Crippen LogP contribution in [0, 0.1) is 0 Å². The highest BCUT2D eigenvalue weighted by molar-refractivity contribution is 6.00. The lowest BCUT2D eigenvalue weighted by Crippen LogP contribution is -2.38. The zero-order valence-corrected chi connectivity index (χ0v) is 12.9. The number of pyridine rings is 1. The van der Waals surface area contributed by atoms with Gasteiger partial charge in [-0.25, -0.2) is 10.5 Å². The Morgan fingerprint density at radius 1 is 1.42 bits per heavy atom. The average molecular weight is 329 g/mol. The summed E-state index contributed by atoms with van der Waals surface area (Å²) in [5, 5.41) is 8.74. The fourth-order valence-corrected chi connectivity index (χ4v) is 2.36. The summed E-state index contributed by atoms with van der Waals surface area (Å²) in [7, 11) is 1.58. The van der Waals surface area contributed by atoms with Gasteiger partial charge in [0.05, 0.1) is 19.2 Å². The van der Waals surface area contributed by atoms with Crippen LogP contribution in [0.15, 0.2) is 36.5 Å². The molecule has 24 heavy (non-hydrogen) atoms. The fourth-order valence-electron chi connectivity index (χ4n) is 2.36. The molecule has 3 rings (SSSR count). The quantitative estimate of drug-likeness (QED) is 0.644. The van der Waals surface area contributed by atoms with E-state index in [1.807, 2.05) is 12.1 Å². The highest BCUT2D eigenvalue weighted by Gasteiger charge is 2.27. The maximum Gasteiger partial charge on any atom is 0.276 e. The third-order valence-electron chi connectivity index (χ3n) is 3.62. The van der Waals surface area contributed by atoms with E-state index in [1.165, 1.54) is 22.6 Å². The van der Waals surface area contributed by atoms with Gasteiger partial charge in [0.25, 0.3) is 11.8 Å². The molecule has 1 aromatic carbocycles. The van der Waals surface area contributed by atoms with E-state index in [-0.39, 0.29) is 24.0 Å². The minimum absolute atomic E-state index is 0.120. The minimum atomic E-state index is -0.715. The number of amides is 2. The Kier molecular flexibility index (Phi) is 4.30. The van der Waals surface area contributed by atoms with Gasteiger partial charge in [0.2, 0.25) is 5.88 Å². The molecule has 0 fully saturated rings. The van der Waals surface area contributed by atoms with E-state index < -0.39 is 5.91 Å². The van der Waals surface area contributed by atoms with Gasteiger partial charge in [-0.1, -0.05) is 12.1 Å². The van der Waals surface area contributed by atoms with Gasteiger partial charge in [-0.15, -0.1) is 0 Å². The summed E-state index contributed by atoms with van der Waals surface area (Å²) in [6.07, 6.45) is 1.27. The highest BCUT2D eigenvalue weighted by Crippen LogP contribution is 2.32. The average Bonchev–Trinajstić information content (AvgIpc) is 2.63. The van der Waals surface area contributed by atoms with Crippen molar-refractivity contribution in [2.45, 2.75) is 6.54 Å². The number of fused-ring (bicyclic) bond motifs is 1. The molecule has 8 nitrogen and oxygen atoms in total. The number of aromatic nitrogens is 1. The van der Waals surface area contributed by atoms with Crippen molar-refractivity contribution < 1.29 is 24.3 Å². The molecule has 0 saturated carbocycles. The van der Waals surface area contributed by atoms with Gasteiger partial charge in [-0.2, -0.15) is 0 Å². The van der Waals surface area contributed by atoms with Gasteiger partial charge < -0.3 is 14.4 Å². The first kappa shape index (κ1) is 15.8. The molecular formula is C16H15N3O5. The van der Waals surface area contributed by atoms with Crippen molar-refractivity contribution in [3.05, 3.63) is 47.7 Å². The third kappa shape index (κ3) is 2.99. The second-order valence-corrected chi connectivity index (χ2v) is 5.11. The van der Waals surface area contributed by atoms with Gasteiger partial charge in [-0.3, -0.25) is 14.8 Å². The zero-order chi connectivity index (χ0) is 17.1. The second-order valence-electron chi connectivity index (χ2n) is 5.11. The number of ether oxygens (including phenoxy) is 2. The summed E-state index contributed by atoms with van der Waals surface area (Å²) < 4.78 is 10.4. The van der Waals surface area contributed by atoms with E-state index >= 15 is 0 Å². The van der Waals surface area contributed by atoms with Gasteiger partial charge in [0, 0.05) is 6.20 Å². The molecule has 2 N–H and O–H groups in total. The normalized spacial score (nSPS) is 13.1. The molecule has 1 aliphatic heterocycles. The molecule has 2 heterocycles. The van der Waals surface area contributed by atoms with Crippen LogP contribution in [0.1, 0.15) is 15.9 Å². The van der Waals surface area contributed by atoms with E-state index in [2.05, 4.69) is 4.98 Å². The Labute approximate surface area is 137 Å². The fraction of sp³-hybridized carbons (Fsp3) is 0.188. The minimum Gasteiger partial charge on any atom is -0.497 e. The molecule has 8 heteroatoms. The second kappa shape index (κ2) is 6.55. The standard InChI is InChI=1S/C16H15N3O5/c1-23-12-4-2-10(3-5-12)8-19-13-6-11(15(21)18-22)7-17-16(13)24-9-14(19)20/h2-7,22H,8-9H2,1H3,(H,18,21). The van der Waals surface area contributed by atoms with E-state index in [1.54, 1.807) is 19.2 Å². The van der Waals surface area contributed by atoms with Gasteiger partial charge in [0.1, 0.15) is 11.4 Å². The van der Waals surface area contributed by atoms with Gasteiger partial charge in [0.15, 0.2) is 6.61 Å². The van der Waals surface area contributed by atoms with Crippen molar-refractivity contribution in [3.63, 3.8) is 0 Å². The predicted octanol–water partition coefficient (Wildman–Crippen LogP) is 1.13. The van der Waals surface area contributed by atoms with Crippen LogP contribution in [0.3, 0.4) is 0 Å². The van der Waals surface area contributed by atoms with Crippen molar-refractivity contribution in [1.82, 2.24) is 10.5 Å². The molecule has 2 amide bonds. The molecule has 124 valence electrons. The number of rotatable bonds is 4. The lowest BCUT2D eigenvalue weighted by molar-refractivity contribution is -0.121. The Morgan fingerprint density at radius 2 is 2.17 bits per heavy atom. The Balaban J connectivity index is 1.92. The topological polar surface area (TPSA) is 101 Å². The maximum atomic E-state index is 12.2. The Morgan fingerprint density at radius 3 is 2.83 bits per heavy atom. The first-order valence-corrected chi connectivity index (χ1v) is 7.13. The SMILES string of the molecule is COc1ccc(CN2C(=O)COc3ncc(C(=O)NO)cc32)cc1. The van der Waals surface area contributed by atoms with Crippen LogP contribution < -0.4 is 19.9 Å². The Hall–Kier alpha value is -3.13. The van der Waals surface area contributed by atoms with Gasteiger partial charge >= 0.3 is 0 Å². The van der Waals surface area contributed by atoms with Gasteiger partial charge in [-0.05, 0) is 23.8 Å². The molecular weight excluding hydrogens is 314 g/mol. The number of nitrogens with zero attached hydrogens (tertiary/aromatic N) is 2. The van der Waals surface area contributed by atoms with Crippen LogP contribution in [0.2, 0.25) is 0 Å². The van der Waals surface area contributed by atoms with Crippen LogP contribution in [0.4, 0.5) is 5.69 Å². The zero-order valence-electron chi connectivity index (χ0n) is 12.9. The van der Waals surface area contributed by atoms with Crippen molar-refractivity contribution >= 4 is 17.5 Å². The number of nitrogens with one attached hydrogen (secondary N) is 1. The van der Waals surface area contributed by atoms with Crippen molar-refractivity contribution in [2.75, 3.05) is 18.6 Å². The number of hydrogen-bond acceptors (Lipinski definition) is 6. The summed E-state index contributed by atoms with van der Waals surface area (Å²) >= 11 is 0. The molecule has 0 atom stereocenters. The first-order chi connectivity index (χ1) is 11.6. The molecule has 0 saturated heterocycles. The molecule has 0 bridgehead atoms. The van der Waals surface area contributed by atoms with E-state index in [4.69, 9.17) is 14.7 Å². The number of anilines is 1. The largest absolute Gasteiger partial charge is 0.497 e. The van der Waals surface area contributed by atoms with Crippen LogP contribution in [-0.2, 0) is 11.3 Å². The highest BCUT2D eigenvalue weighted by atomic mass is 16.5. The first-order valence-electron chi connectivity index (χ1n) is 7.13.